The molecular weight excluding hydrogens is 358 g/mol. The van der Waals surface area contributed by atoms with E-state index in [-0.39, 0.29) is 17.1 Å². The first kappa shape index (κ1) is 22.4. The summed E-state index contributed by atoms with van der Waals surface area (Å²) in [7, 11) is 0. The second-order valence-electron chi connectivity index (χ2n) is 9.73. The summed E-state index contributed by atoms with van der Waals surface area (Å²) in [6.45, 7) is 12.9. The molecule has 0 heterocycles. The molecule has 2 aliphatic rings. The lowest BCUT2D eigenvalue weighted by atomic mass is 9.63. The number of ether oxygens (including phenoxy) is 2. The van der Waals surface area contributed by atoms with Crippen LogP contribution in [0.3, 0.4) is 0 Å². The van der Waals surface area contributed by atoms with E-state index >= 15 is 0 Å². The maximum atomic E-state index is 12.8. The molecule has 2 aliphatic carbocycles. The third kappa shape index (κ3) is 5.15. The molecule has 0 aliphatic heterocycles. The van der Waals surface area contributed by atoms with Crippen molar-refractivity contribution in [2.24, 2.45) is 11.3 Å². The van der Waals surface area contributed by atoms with Crippen LogP contribution in [-0.2, 0) is 19.1 Å². The summed E-state index contributed by atoms with van der Waals surface area (Å²) in [6, 6.07) is -0.868. The number of hydrogen-bond donors (Lipinski definition) is 1. The van der Waals surface area contributed by atoms with E-state index in [2.05, 4.69) is 12.2 Å². The molecule has 158 valence electrons. The van der Waals surface area contributed by atoms with Gasteiger partial charge in [0.1, 0.15) is 11.6 Å². The molecule has 1 fully saturated rings. The van der Waals surface area contributed by atoms with Crippen LogP contribution in [0.15, 0.2) is 11.1 Å². The Morgan fingerprint density at radius 1 is 1.21 bits per heavy atom. The van der Waals surface area contributed by atoms with Gasteiger partial charge in [-0.3, -0.25) is 4.79 Å². The molecule has 3 atom stereocenters. The zero-order valence-electron chi connectivity index (χ0n) is 18.3. The van der Waals surface area contributed by atoms with Crippen LogP contribution in [0.25, 0.3) is 0 Å². The molecule has 0 radical (unpaired) electrons. The van der Waals surface area contributed by atoms with Gasteiger partial charge in [-0.15, -0.1) is 0 Å². The maximum absolute atomic E-state index is 12.8. The van der Waals surface area contributed by atoms with Crippen molar-refractivity contribution in [3.63, 3.8) is 0 Å². The number of hydrogen-bond acceptors (Lipinski definition) is 5. The van der Waals surface area contributed by atoms with Gasteiger partial charge in [-0.2, -0.15) is 0 Å². The SMILES string of the molecule is CC1=C2CCCC[C@@]2(C)C[C@H](OC(=O)C(NC(=O)OC(C)(C)C)C(C)C)C1=O. The molecule has 0 aromatic rings. The van der Waals surface area contributed by atoms with E-state index < -0.39 is 29.8 Å². The van der Waals surface area contributed by atoms with Gasteiger partial charge in [0.05, 0.1) is 0 Å². The molecule has 0 aromatic heterocycles. The highest BCUT2D eigenvalue weighted by Crippen LogP contribution is 2.49. The number of fused-ring (bicyclic) bond motifs is 1. The van der Waals surface area contributed by atoms with E-state index in [9.17, 15) is 14.4 Å². The molecular formula is C22H35NO5. The average molecular weight is 394 g/mol. The summed E-state index contributed by atoms with van der Waals surface area (Å²) >= 11 is 0. The Kier molecular flexibility index (Phi) is 6.62. The summed E-state index contributed by atoms with van der Waals surface area (Å²) in [5.41, 5.74) is 1.21. The molecule has 0 saturated heterocycles. The molecule has 28 heavy (non-hydrogen) atoms. The monoisotopic (exact) mass is 393 g/mol. The highest BCUT2D eigenvalue weighted by molar-refractivity contribution is 6.01. The summed E-state index contributed by atoms with van der Waals surface area (Å²) in [5.74, 6) is -0.895. The van der Waals surface area contributed by atoms with E-state index in [1.54, 1.807) is 20.8 Å². The number of amides is 1. The molecule has 1 amide bonds. The summed E-state index contributed by atoms with van der Waals surface area (Å²) in [6.07, 6.45) is 3.24. The number of nitrogens with one attached hydrogen (secondary N) is 1. The number of rotatable bonds is 4. The van der Waals surface area contributed by atoms with Crippen LogP contribution < -0.4 is 5.32 Å². The first-order valence-corrected chi connectivity index (χ1v) is 10.3. The molecule has 1 saturated carbocycles. The number of carbonyl (C=O) groups is 3. The van der Waals surface area contributed by atoms with Crippen LogP contribution in [0.4, 0.5) is 4.79 Å². The lowest BCUT2D eigenvalue weighted by Crippen LogP contribution is -2.50. The van der Waals surface area contributed by atoms with Crippen LogP contribution in [0.1, 0.15) is 80.6 Å². The van der Waals surface area contributed by atoms with Crippen molar-refractivity contribution in [3.8, 4) is 0 Å². The summed E-state index contributed by atoms with van der Waals surface area (Å²) in [5, 5.41) is 2.60. The Balaban J connectivity index is 2.12. The summed E-state index contributed by atoms with van der Waals surface area (Å²) < 4.78 is 10.9. The average Bonchev–Trinajstić information content (AvgIpc) is 2.55. The second-order valence-corrected chi connectivity index (χ2v) is 9.73. The molecule has 1 unspecified atom stereocenters. The first-order valence-electron chi connectivity index (χ1n) is 10.3. The van der Waals surface area contributed by atoms with Crippen molar-refractivity contribution in [2.75, 3.05) is 0 Å². The van der Waals surface area contributed by atoms with Gasteiger partial charge < -0.3 is 14.8 Å². The Labute approximate surface area is 168 Å². The van der Waals surface area contributed by atoms with Crippen LogP contribution in [0.5, 0.6) is 0 Å². The van der Waals surface area contributed by atoms with Crippen LogP contribution in [-0.4, -0.2) is 35.6 Å². The van der Waals surface area contributed by atoms with E-state index in [1.165, 1.54) is 5.57 Å². The molecule has 0 bridgehead atoms. The van der Waals surface area contributed by atoms with E-state index in [0.29, 0.717) is 6.42 Å². The highest BCUT2D eigenvalue weighted by Gasteiger charge is 2.45. The van der Waals surface area contributed by atoms with Gasteiger partial charge in [-0.1, -0.05) is 32.8 Å². The fourth-order valence-corrected chi connectivity index (χ4v) is 4.27. The lowest BCUT2D eigenvalue weighted by Gasteiger charge is -2.43. The lowest BCUT2D eigenvalue weighted by molar-refractivity contribution is -0.159. The molecule has 6 nitrogen and oxygen atoms in total. The predicted octanol–water partition coefficient (Wildman–Crippen LogP) is 4.32. The van der Waals surface area contributed by atoms with Crippen LogP contribution >= 0.6 is 0 Å². The number of allylic oxidation sites excluding steroid dienone is 1. The highest BCUT2D eigenvalue weighted by atomic mass is 16.6. The van der Waals surface area contributed by atoms with Gasteiger partial charge in [-0.25, -0.2) is 9.59 Å². The molecule has 2 rings (SSSR count). The Bertz CT molecular complexity index is 673. The Morgan fingerprint density at radius 3 is 2.43 bits per heavy atom. The third-order valence-corrected chi connectivity index (χ3v) is 5.74. The molecule has 0 aromatic carbocycles. The number of esters is 1. The Hall–Kier alpha value is -1.85. The largest absolute Gasteiger partial charge is 0.452 e. The van der Waals surface area contributed by atoms with Crippen molar-refractivity contribution in [3.05, 3.63) is 11.1 Å². The van der Waals surface area contributed by atoms with Crippen LogP contribution in [0, 0.1) is 11.3 Å². The quantitative estimate of drug-likeness (QED) is 0.720. The minimum absolute atomic E-state index is 0.0902. The van der Waals surface area contributed by atoms with E-state index in [4.69, 9.17) is 9.47 Å². The summed E-state index contributed by atoms with van der Waals surface area (Å²) in [4.78, 5) is 37.7. The minimum atomic E-state index is -0.868. The predicted molar refractivity (Wildman–Crippen MR) is 107 cm³/mol. The van der Waals surface area contributed by atoms with E-state index in [1.807, 2.05) is 20.8 Å². The topological polar surface area (TPSA) is 81.7 Å². The maximum Gasteiger partial charge on any atom is 0.408 e. The van der Waals surface area contributed by atoms with E-state index in [0.717, 1.165) is 31.3 Å². The number of carbonyl (C=O) groups excluding carboxylic acids is 3. The van der Waals surface area contributed by atoms with Gasteiger partial charge in [0.15, 0.2) is 11.9 Å². The van der Waals surface area contributed by atoms with Gasteiger partial charge >= 0.3 is 12.1 Å². The zero-order chi connectivity index (χ0) is 21.3. The minimum Gasteiger partial charge on any atom is -0.452 e. The number of ketones is 1. The smallest absolute Gasteiger partial charge is 0.408 e. The van der Waals surface area contributed by atoms with Crippen molar-refractivity contribution >= 4 is 17.8 Å². The van der Waals surface area contributed by atoms with Gasteiger partial charge in [-0.05, 0) is 63.9 Å². The molecule has 6 heteroatoms. The number of alkyl carbamates (subject to hydrolysis) is 1. The van der Waals surface area contributed by atoms with Gasteiger partial charge in [0, 0.05) is 6.42 Å². The Morgan fingerprint density at radius 2 is 1.86 bits per heavy atom. The van der Waals surface area contributed by atoms with Crippen molar-refractivity contribution in [1.29, 1.82) is 0 Å². The standard InChI is InChI=1S/C22H35NO5/c1-13(2)17(23-20(26)28-21(4,5)6)19(25)27-16-12-22(7)11-9-8-10-15(22)14(3)18(16)24/h13,16-17H,8-12H2,1-7H3,(H,23,26)/t16-,17?,22-/m0/s1. The van der Waals surface area contributed by atoms with Crippen molar-refractivity contribution in [1.82, 2.24) is 5.32 Å². The number of Topliss-reactive ketones (excluding diaryl/α,β-unsaturated/α-hetero) is 1. The normalized spacial score (nSPS) is 26.6. The fourth-order valence-electron chi connectivity index (χ4n) is 4.27. The fraction of sp³-hybridized carbons (Fsp3) is 0.773. The van der Waals surface area contributed by atoms with Crippen molar-refractivity contribution < 1.29 is 23.9 Å². The van der Waals surface area contributed by atoms with Crippen molar-refractivity contribution in [2.45, 2.75) is 98.3 Å². The third-order valence-electron chi connectivity index (χ3n) is 5.74. The van der Waals surface area contributed by atoms with Gasteiger partial charge in [0.25, 0.3) is 0 Å². The zero-order valence-corrected chi connectivity index (χ0v) is 18.3. The van der Waals surface area contributed by atoms with Crippen LogP contribution in [0.2, 0.25) is 0 Å². The van der Waals surface area contributed by atoms with Gasteiger partial charge in [0.2, 0.25) is 0 Å². The first-order chi connectivity index (χ1) is 12.8. The second kappa shape index (κ2) is 8.26. The molecule has 1 N–H and O–H groups in total. The molecule has 0 spiro atoms.